The predicted molar refractivity (Wildman–Crippen MR) is 142 cm³/mol. The lowest BCUT2D eigenvalue weighted by Gasteiger charge is -2.25. The zero-order valence-electron chi connectivity index (χ0n) is 21.5. The number of hydrogen-bond donors (Lipinski definition) is 3. The van der Waals surface area contributed by atoms with Crippen molar-refractivity contribution in [3.05, 3.63) is 81.6 Å². The number of hydrogen-bond acceptors (Lipinski definition) is 7. The van der Waals surface area contributed by atoms with Gasteiger partial charge in [0.05, 0.1) is 28.8 Å². The summed E-state index contributed by atoms with van der Waals surface area (Å²) in [5.41, 5.74) is 2.41. The van der Waals surface area contributed by atoms with Gasteiger partial charge in [0.25, 0.3) is 11.8 Å². The Labute approximate surface area is 225 Å². The maximum atomic E-state index is 13.8. The van der Waals surface area contributed by atoms with Crippen molar-refractivity contribution in [3.63, 3.8) is 0 Å². The number of thiazole rings is 1. The number of aliphatic hydroxyl groups excluding tert-OH is 1. The maximum absolute atomic E-state index is 13.8. The van der Waals surface area contributed by atoms with Crippen LogP contribution in [0.1, 0.15) is 57.8 Å². The maximum Gasteiger partial charge on any atom is 0.255 e. The highest BCUT2D eigenvalue weighted by atomic mass is 32.1. The van der Waals surface area contributed by atoms with E-state index >= 15 is 0 Å². The third-order valence-corrected chi connectivity index (χ3v) is 6.60. The van der Waals surface area contributed by atoms with Crippen LogP contribution in [0.5, 0.6) is 0 Å². The van der Waals surface area contributed by atoms with Crippen LogP contribution in [0.2, 0.25) is 0 Å². The zero-order valence-corrected chi connectivity index (χ0v) is 22.3. The molecule has 1 aromatic carbocycles. The van der Waals surface area contributed by atoms with Crippen molar-refractivity contribution in [1.29, 1.82) is 0 Å². The van der Waals surface area contributed by atoms with E-state index in [-0.39, 0.29) is 35.6 Å². The molecule has 2 aromatic heterocycles. The van der Waals surface area contributed by atoms with E-state index in [1.54, 1.807) is 16.6 Å². The lowest BCUT2D eigenvalue weighted by molar-refractivity contribution is 0.0755. The van der Waals surface area contributed by atoms with Crippen LogP contribution < -0.4 is 10.6 Å². The van der Waals surface area contributed by atoms with Crippen molar-refractivity contribution in [2.75, 3.05) is 19.6 Å². The van der Waals surface area contributed by atoms with Gasteiger partial charge in [-0.15, -0.1) is 11.3 Å². The number of rotatable bonds is 14. The summed E-state index contributed by atoms with van der Waals surface area (Å²) in [4.78, 5) is 36.9. The minimum atomic E-state index is -1.08. The van der Waals surface area contributed by atoms with E-state index in [1.807, 2.05) is 13.8 Å². The second-order valence-corrected chi connectivity index (χ2v) is 9.95. The number of nitrogens with one attached hydrogen (secondary N) is 2. The van der Waals surface area contributed by atoms with Gasteiger partial charge in [-0.2, -0.15) is 0 Å². The van der Waals surface area contributed by atoms with E-state index in [0.29, 0.717) is 19.6 Å². The minimum Gasteiger partial charge on any atom is -0.390 e. The minimum absolute atomic E-state index is 0.0172. The first-order chi connectivity index (χ1) is 18.3. The highest BCUT2D eigenvalue weighted by molar-refractivity contribution is 7.09. The molecule has 11 heteroatoms. The number of nitrogens with zero attached hydrogens (tertiary/aromatic N) is 3. The second kappa shape index (κ2) is 14.6. The molecule has 0 radical (unpaired) electrons. The van der Waals surface area contributed by atoms with Crippen molar-refractivity contribution in [2.45, 2.75) is 51.8 Å². The first-order valence-corrected chi connectivity index (χ1v) is 13.4. The third-order valence-electron chi connectivity index (χ3n) is 5.82. The molecule has 3 rings (SSSR count). The smallest absolute Gasteiger partial charge is 0.255 e. The molecular formula is C27H33F2N5O3S. The standard InChI is InChI=1S/C27H33F2N5O3S/c1-3-5-34(6-4-2)27(37)20-10-19(12-30-13-20)26(36)33-24(9-18-7-21(28)11-22(29)8-18)25(35)16-31-14-23-15-32-17-38-23/h7-8,10-13,15,17,24-25,31,35H,3-6,9,14,16H2,1-2H3,(H,33,36). The molecule has 0 saturated heterocycles. The van der Waals surface area contributed by atoms with Gasteiger partial charge in [0.15, 0.2) is 0 Å². The van der Waals surface area contributed by atoms with Gasteiger partial charge >= 0.3 is 0 Å². The second-order valence-electron chi connectivity index (χ2n) is 8.98. The van der Waals surface area contributed by atoms with Crippen LogP contribution in [-0.4, -0.2) is 63.6 Å². The van der Waals surface area contributed by atoms with Gasteiger partial charge in [-0.25, -0.2) is 8.78 Å². The number of pyridine rings is 1. The van der Waals surface area contributed by atoms with Crippen molar-refractivity contribution in [1.82, 2.24) is 25.5 Å². The molecule has 0 bridgehead atoms. The van der Waals surface area contributed by atoms with Crippen molar-refractivity contribution in [3.8, 4) is 0 Å². The molecule has 8 nitrogen and oxygen atoms in total. The molecule has 0 fully saturated rings. The molecule has 3 aromatic rings. The van der Waals surface area contributed by atoms with E-state index in [2.05, 4.69) is 20.6 Å². The quantitative estimate of drug-likeness (QED) is 0.286. The summed E-state index contributed by atoms with van der Waals surface area (Å²) < 4.78 is 27.6. The largest absolute Gasteiger partial charge is 0.390 e. The average Bonchev–Trinajstić information content (AvgIpc) is 3.41. The molecule has 0 spiro atoms. The Morgan fingerprint density at radius 3 is 2.32 bits per heavy atom. The summed E-state index contributed by atoms with van der Waals surface area (Å²) >= 11 is 1.46. The first kappa shape index (κ1) is 29.3. The van der Waals surface area contributed by atoms with Crippen LogP contribution in [-0.2, 0) is 13.0 Å². The highest BCUT2D eigenvalue weighted by Crippen LogP contribution is 2.14. The number of amides is 2. The van der Waals surface area contributed by atoms with Gasteiger partial charge in [0.1, 0.15) is 11.6 Å². The van der Waals surface area contributed by atoms with Crippen molar-refractivity contribution < 1.29 is 23.5 Å². The van der Waals surface area contributed by atoms with Gasteiger partial charge in [0, 0.05) is 55.7 Å². The average molecular weight is 546 g/mol. The van der Waals surface area contributed by atoms with Crippen LogP contribution in [0, 0.1) is 11.6 Å². The highest BCUT2D eigenvalue weighted by Gasteiger charge is 2.24. The molecule has 204 valence electrons. The SMILES string of the molecule is CCCN(CCC)C(=O)c1cncc(C(=O)NC(Cc2cc(F)cc(F)c2)C(O)CNCc2cncs2)c1. The summed E-state index contributed by atoms with van der Waals surface area (Å²) in [7, 11) is 0. The van der Waals surface area contributed by atoms with Crippen LogP contribution >= 0.6 is 11.3 Å². The summed E-state index contributed by atoms with van der Waals surface area (Å²) in [6, 6.07) is 3.68. The van der Waals surface area contributed by atoms with Crippen LogP contribution in [0.25, 0.3) is 0 Å². The molecule has 2 amide bonds. The van der Waals surface area contributed by atoms with Gasteiger partial charge in [-0.05, 0) is 43.0 Å². The van der Waals surface area contributed by atoms with E-state index in [0.717, 1.165) is 35.9 Å². The summed E-state index contributed by atoms with van der Waals surface area (Å²) in [5.74, 6) is -2.27. The number of aliphatic hydroxyl groups is 1. The van der Waals surface area contributed by atoms with E-state index in [9.17, 15) is 23.5 Å². The number of aromatic nitrogens is 2. The Kier molecular flexibility index (Phi) is 11.3. The van der Waals surface area contributed by atoms with E-state index in [4.69, 9.17) is 0 Å². The summed E-state index contributed by atoms with van der Waals surface area (Å²) in [6.07, 6.45) is 4.97. The molecule has 2 atom stereocenters. The monoisotopic (exact) mass is 545 g/mol. The Morgan fingerprint density at radius 2 is 1.68 bits per heavy atom. The molecule has 0 aliphatic rings. The number of carbonyl (C=O) groups is 2. The lowest BCUT2D eigenvalue weighted by atomic mass is 10.00. The third kappa shape index (κ3) is 8.64. The topological polar surface area (TPSA) is 107 Å². The molecule has 0 aliphatic heterocycles. The normalized spacial score (nSPS) is 12.7. The molecule has 3 N–H and O–H groups in total. The number of benzene rings is 1. The zero-order chi connectivity index (χ0) is 27.5. The van der Waals surface area contributed by atoms with E-state index < -0.39 is 29.7 Å². The van der Waals surface area contributed by atoms with Gasteiger partial charge in [-0.3, -0.25) is 19.6 Å². The van der Waals surface area contributed by atoms with Crippen molar-refractivity contribution >= 4 is 23.2 Å². The van der Waals surface area contributed by atoms with Crippen LogP contribution in [0.4, 0.5) is 8.78 Å². The Balaban J connectivity index is 1.76. The molecular weight excluding hydrogens is 512 g/mol. The molecule has 38 heavy (non-hydrogen) atoms. The number of halogens is 2. The molecule has 2 unspecified atom stereocenters. The van der Waals surface area contributed by atoms with Gasteiger partial charge in [0.2, 0.25) is 0 Å². The number of carbonyl (C=O) groups excluding carboxylic acids is 2. The molecule has 2 heterocycles. The van der Waals surface area contributed by atoms with E-state index in [1.165, 1.54) is 29.8 Å². The predicted octanol–water partition coefficient (Wildman–Crippen LogP) is 3.57. The van der Waals surface area contributed by atoms with Crippen LogP contribution in [0.15, 0.2) is 48.4 Å². The Morgan fingerprint density at radius 1 is 1.00 bits per heavy atom. The fourth-order valence-corrected chi connectivity index (χ4v) is 4.62. The fourth-order valence-electron chi connectivity index (χ4n) is 4.05. The van der Waals surface area contributed by atoms with Crippen molar-refractivity contribution in [2.24, 2.45) is 0 Å². The summed E-state index contributed by atoms with van der Waals surface area (Å²) in [6.45, 7) is 5.74. The molecule has 0 saturated carbocycles. The van der Waals surface area contributed by atoms with Crippen LogP contribution in [0.3, 0.4) is 0 Å². The Hall–Kier alpha value is -3.28. The molecule has 0 aliphatic carbocycles. The van der Waals surface area contributed by atoms with Gasteiger partial charge in [-0.1, -0.05) is 13.8 Å². The lowest BCUT2D eigenvalue weighted by Crippen LogP contribution is -2.48. The Bertz CT molecular complexity index is 1170. The first-order valence-electron chi connectivity index (χ1n) is 12.6. The van der Waals surface area contributed by atoms with Gasteiger partial charge < -0.3 is 20.6 Å². The summed E-state index contributed by atoms with van der Waals surface area (Å²) in [5, 5.41) is 16.8. The fraction of sp³-hybridized carbons (Fsp3) is 0.407.